The van der Waals surface area contributed by atoms with Crippen molar-refractivity contribution in [3.63, 3.8) is 0 Å². The number of aryl methyl sites for hydroxylation is 1. The van der Waals surface area contributed by atoms with Gasteiger partial charge in [-0.05, 0) is 55.9 Å². The molecule has 0 heterocycles. The molecule has 0 spiro atoms. The van der Waals surface area contributed by atoms with Crippen molar-refractivity contribution in [3.05, 3.63) is 28.8 Å². The molecule has 16 heavy (non-hydrogen) atoms. The van der Waals surface area contributed by atoms with E-state index in [1.807, 2.05) is 19.9 Å². The highest BCUT2D eigenvalue weighted by molar-refractivity contribution is 5.66. The first kappa shape index (κ1) is 12.6. The van der Waals surface area contributed by atoms with Crippen molar-refractivity contribution in [1.82, 2.24) is 0 Å². The van der Waals surface area contributed by atoms with Gasteiger partial charge in [0.2, 0.25) is 0 Å². The van der Waals surface area contributed by atoms with E-state index in [1.165, 1.54) is 5.56 Å². The summed E-state index contributed by atoms with van der Waals surface area (Å²) >= 11 is 0. The van der Waals surface area contributed by atoms with Crippen molar-refractivity contribution in [2.45, 2.75) is 39.5 Å². The third kappa shape index (κ3) is 3.26. The SMILES string of the molecule is Cc1c(O)ccc(CCCCC(=O)O)c1C. The molecular formula is C13H18O3. The Morgan fingerprint density at radius 2 is 1.88 bits per heavy atom. The zero-order valence-electron chi connectivity index (χ0n) is 9.79. The van der Waals surface area contributed by atoms with Gasteiger partial charge in [-0.15, -0.1) is 0 Å². The van der Waals surface area contributed by atoms with Crippen LogP contribution in [0.25, 0.3) is 0 Å². The van der Waals surface area contributed by atoms with Gasteiger partial charge in [0.25, 0.3) is 0 Å². The van der Waals surface area contributed by atoms with Crippen LogP contribution in [0.4, 0.5) is 0 Å². The second-order valence-corrected chi connectivity index (χ2v) is 4.09. The molecule has 1 aromatic rings. The first-order valence-corrected chi connectivity index (χ1v) is 5.52. The molecule has 1 rings (SSSR count). The lowest BCUT2D eigenvalue weighted by atomic mass is 9.98. The third-order valence-corrected chi connectivity index (χ3v) is 2.96. The lowest BCUT2D eigenvalue weighted by Gasteiger charge is -2.09. The Balaban J connectivity index is 2.55. The Morgan fingerprint density at radius 1 is 1.19 bits per heavy atom. The number of aliphatic carboxylic acids is 1. The average molecular weight is 222 g/mol. The van der Waals surface area contributed by atoms with E-state index in [4.69, 9.17) is 5.11 Å². The summed E-state index contributed by atoms with van der Waals surface area (Å²) < 4.78 is 0. The lowest BCUT2D eigenvalue weighted by molar-refractivity contribution is -0.137. The smallest absolute Gasteiger partial charge is 0.303 e. The molecule has 0 fully saturated rings. The quantitative estimate of drug-likeness (QED) is 0.753. The fourth-order valence-corrected chi connectivity index (χ4v) is 1.72. The molecule has 0 aliphatic heterocycles. The van der Waals surface area contributed by atoms with Crippen LogP contribution in [0.1, 0.15) is 36.0 Å². The molecule has 0 saturated carbocycles. The van der Waals surface area contributed by atoms with Gasteiger partial charge in [0.15, 0.2) is 0 Å². The molecule has 0 atom stereocenters. The van der Waals surface area contributed by atoms with E-state index in [-0.39, 0.29) is 6.42 Å². The standard InChI is InChI=1S/C13H18O3/c1-9-10(2)12(14)8-7-11(9)5-3-4-6-13(15)16/h7-8,14H,3-6H2,1-2H3,(H,15,16). The van der Waals surface area contributed by atoms with Crippen molar-refractivity contribution >= 4 is 5.97 Å². The second kappa shape index (κ2) is 5.54. The third-order valence-electron chi connectivity index (χ3n) is 2.96. The summed E-state index contributed by atoms with van der Waals surface area (Å²) in [6.07, 6.45) is 2.68. The Morgan fingerprint density at radius 3 is 2.50 bits per heavy atom. The number of phenolic OH excluding ortho intramolecular Hbond substituents is 1. The highest BCUT2D eigenvalue weighted by atomic mass is 16.4. The number of carbonyl (C=O) groups is 1. The molecule has 3 nitrogen and oxygen atoms in total. The van der Waals surface area contributed by atoms with E-state index < -0.39 is 5.97 Å². The van der Waals surface area contributed by atoms with E-state index in [1.54, 1.807) is 6.07 Å². The second-order valence-electron chi connectivity index (χ2n) is 4.09. The number of hydrogen-bond acceptors (Lipinski definition) is 2. The number of unbranched alkanes of at least 4 members (excludes halogenated alkanes) is 1. The molecule has 0 aliphatic rings. The van der Waals surface area contributed by atoms with Gasteiger partial charge < -0.3 is 10.2 Å². The van der Waals surface area contributed by atoms with Gasteiger partial charge in [0.1, 0.15) is 5.75 Å². The molecule has 0 saturated heterocycles. The Hall–Kier alpha value is -1.51. The van der Waals surface area contributed by atoms with Gasteiger partial charge >= 0.3 is 5.97 Å². The van der Waals surface area contributed by atoms with Gasteiger partial charge in [0, 0.05) is 6.42 Å². The maximum absolute atomic E-state index is 10.3. The summed E-state index contributed by atoms with van der Waals surface area (Å²) in [7, 11) is 0. The maximum Gasteiger partial charge on any atom is 0.303 e. The van der Waals surface area contributed by atoms with Crippen LogP contribution in [0.5, 0.6) is 5.75 Å². The summed E-state index contributed by atoms with van der Waals surface area (Å²) in [4.78, 5) is 10.3. The van der Waals surface area contributed by atoms with E-state index in [2.05, 4.69) is 0 Å². The molecule has 0 amide bonds. The van der Waals surface area contributed by atoms with Crippen molar-refractivity contribution in [3.8, 4) is 5.75 Å². The van der Waals surface area contributed by atoms with Crippen molar-refractivity contribution < 1.29 is 15.0 Å². The van der Waals surface area contributed by atoms with Crippen LogP contribution in [-0.2, 0) is 11.2 Å². The van der Waals surface area contributed by atoms with Crippen molar-refractivity contribution in [2.24, 2.45) is 0 Å². The lowest BCUT2D eigenvalue weighted by Crippen LogP contribution is -1.97. The Kier molecular flexibility index (Phi) is 4.35. The fraction of sp³-hybridized carbons (Fsp3) is 0.462. The van der Waals surface area contributed by atoms with Crippen molar-refractivity contribution in [1.29, 1.82) is 0 Å². The summed E-state index contributed by atoms with van der Waals surface area (Å²) in [6, 6.07) is 3.62. The van der Waals surface area contributed by atoms with Crippen LogP contribution in [0.3, 0.4) is 0 Å². The topological polar surface area (TPSA) is 57.5 Å². The predicted octanol–water partition coefficient (Wildman–Crippen LogP) is 2.81. The Bertz CT molecular complexity index is 383. The summed E-state index contributed by atoms with van der Waals surface area (Å²) in [6.45, 7) is 3.88. The van der Waals surface area contributed by atoms with E-state index in [0.29, 0.717) is 12.2 Å². The highest BCUT2D eigenvalue weighted by Gasteiger charge is 2.05. The monoisotopic (exact) mass is 222 g/mol. The predicted molar refractivity (Wildman–Crippen MR) is 62.8 cm³/mol. The zero-order chi connectivity index (χ0) is 12.1. The van der Waals surface area contributed by atoms with Crippen LogP contribution in [0.15, 0.2) is 12.1 Å². The minimum atomic E-state index is -0.737. The molecule has 0 bridgehead atoms. The number of phenols is 1. The van der Waals surface area contributed by atoms with Crippen LogP contribution in [0.2, 0.25) is 0 Å². The number of aromatic hydroxyl groups is 1. The molecule has 88 valence electrons. The minimum absolute atomic E-state index is 0.232. The van der Waals surface area contributed by atoms with Crippen LogP contribution >= 0.6 is 0 Å². The van der Waals surface area contributed by atoms with Gasteiger partial charge in [-0.2, -0.15) is 0 Å². The number of carboxylic acids is 1. The maximum atomic E-state index is 10.3. The number of hydrogen-bond donors (Lipinski definition) is 2. The summed E-state index contributed by atoms with van der Waals surface area (Å²) in [5.74, 6) is -0.412. The Labute approximate surface area is 95.7 Å². The van der Waals surface area contributed by atoms with Crippen LogP contribution < -0.4 is 0 Å². The van der Waals surface area contributed by atoms with Gasteiger partial charge in [-0.25, -0.2) is 0 Å². The molecule has 3 heteroatoms. The molecule has 1 aromatic carbocycles. The van der Waals surface area contributed by atoms with E-state index in [0.717, 1.165) is 24.0 Å². The fourth-order valence-electron chi connectivity index (χ4n) is 1.72. The summed E-state index contributed by atoms with van der Waals surface area (Å²) in [5.41, 5.74) is 3.21. The minimum Gasteiger partial charge on any atom is -0.508 e. The zero-order valence-corrected chi connectivity index (χ0v) is 9.79. The number of benzene rings is 1. The average Bonchev–Trinajstić information content (AvgIpc) is 2.23. The molecule has 2 N–H and O–H groups in total. The first-order chi connectivity index (χ1) is 7.52. The first-order valence-electron chi connectivity index (χ1n) is 5.52. The van der Waals surface area contributed by atoms with E-state index in [9.17, 15) is 9.90 Å². The van der Waals surface area contributed by atoms with Crippen LogP contribution in [-0.4, -0.2) is 16.2 Å². The highest BCUT2D eigenvalue weighted by Crippen LogP contribution is 2.23. The largest absolute Gasteiger partial charge is 0.508 e. The normalized spacial score (nSPS) is 10.4. The summed E-state index contributed by atoms with van der Waals surface area (Å²) in [5, 5.41) is 18.0. The molecule has 0 aliphatic carbocycles. The molecule has 0 aromatic heterocycles. The van der Waals surface area contributed by atoms with E-state index >= 15 is 0 Å². The van der Waals surface area contributed by atoms with Gasteiger partial charge in [0.05, 0.1) is 0 Å². The van der Waals surface area contributed by atoms with Gasteiger partial charge in [-0.3, -0.25) is 4.79 Å². The van der Waals surface area contributed by atoms with Crippen LogP contribution in [0, 0.1) is 13.8 Å². The molecular weight excluding hydrogens is 204 g/mol. The molecule has 0 unspecified atom stereocenters. The number of rotatable bonds is 5. The molecule has 0 radical (unpaired) electrons. The number of carboxylic acid groups (broad SMARTS) is 1. The van der Waals surface area contributed by atoms with Crippen molar-refractivity contribution in [2.75, 3.05) is 0 Å². The van der Waals surface area contributed by atoms with Gasteiger partial charge in [-0.1, -0.05) is 6.07 Å².